The maximum atomic E-state index is 11.4. The topological polar surface area (TPSA) is 37.4 Å². The highest BCUT2D eigenvalue weighted by atomic mass is 16.2. The van der Waals surface area contributed by atoms with E-state index in [1.165, 1.54) is 34.1 Å². The van der Waals surface area contributed by atoms with Crippen molar-refractivity contribution in [3.63, 3.8) is 0 Å². The Morgan fingerprint density at radius 3 is 2.28 bits per heavy atom. The fraction of sp³-hybridized carbons (Fsp3) is 0.467. The predicted octanol–water partition coefficient (Wildman–Crippen LogP) is 2.20. The number of amides is 1. The average molecular weight is 247 g/mol. The number of Topliss-reactive ketones (excluding diaryl/α,β-unsaturated/α-hetero) is 1. The van der Waals surface area contributed by atoms with Gasteiger partial charge < -0.3 is 4.90 Å². The number of rotatable bonds is 4. The van der Waals surface area contributed by atoms with Crippen molar-refractivity contribution in [2.75, 3.05) is 13.6 Å². The highest BCUT2D eigenvalue weighted by Crippen LogP contribution is 2.17. The Morgan fingerprint density at radius 2 is 1.72 bits per heavy atom. The van der Waals surface area contributed by atoms with E-state index in [9.17, 15) is 9.59 Å². The highest BCUT2D eigenvalue weighted by Gasteiger charge is 2.14. The number of carbonyl (C=O) groups excluding carboxylic acids is 2. The molecule has 0 spiro atoms. The van der Waals surface area contributed by atoms with Crippen molar-refractivity contribution in [2.24, 2.45) is 0 Å². The highest BCUT2D eigenvalue weighted by molar-refractivity contribution is 6.34. The van der Waals surface area contributed by atoms with E-state index in [2.05, 4.69) is 32.9 Å². The van der Waals surface area contributed by atoms with Crippen LogP contribution in [0.15, 0.2) is 12.1 Å². The van der Waals surface area contributed by atoms with Crippen LogP contribution in [0.25, 0.3) is 0 Å². The Bertz CT molecular complexity index is 478. The summed E-state index contributed by atoms with van der Waals surface area (Å²) in [4.78, 5) is 23.9. The van der Waals surface area contributed by atoms with Gasteiger partial charge in [-0.2, -0.15) is 0 Å². The Hall–Kier alpha value is -1.64. The lowest BCUT2D eigenvalue weighted by molar-refractivity contribution is -0.142. The number of aryl methyl sites for hydroxylation is 1. The van der Waals surface area contributed by atoms with Crippen LogP contribution >= 0.6 is 0 Å². The summed E-state index contributed by atoms with van der Waals surface area (Å²) < 4.78 is 0. The van der Waals surface area contributed by atoms with Gasteiger partial charge in [-0.25, -0.2) is 0 Å². The van der Waals surface area contributed by atoms with E-state index in [0.29, 0.717) is 6.54 Å². The summed E-state index contributed by atoms with van der Waals surface area (Å²) in [7, 11) is 1.67. The lowest BCUT2D eigenvalue weighted by atomic mass is 9.97. The summed E-state index contributed by atoms with van der Waals surface area (Å²) in [5, 5.41) is 0. The summed E-state index contributed by atoms with van der Waals surface area (Å²) in [6, 6.07) is 4.20. The van der Waals surface area contributed by atoms with Crippen molar-refractivity contribution in [1.82, 2.24) is 4.90 Å². The molecule has 98 valence electrons. The molecule has 1 aromatic rings. The summed E-state index contributed by atoms with van der Waals surface area (Å²) in [5.74, 6) is -0.828. The lowest BCUT2D eigenvalue weighted by Crippen LogP contribution is -2.33. The molecule has 0 atom stereocenters. The predicted molar refractivity (Wildman–Crippen MR) is 72.7 cm³/mol. The van der Waals surface area contributed by atoms with Crippen molar-refractivity contribution in [2.45, 2.75) is 34.1 Å². The third-order valence-corrected chi connectivity index (χ3v) is 3.53. The first-order valence-corrected chi connectivity index (χ1v) is 6.16. The molecule has 0 saturated heterocycles. The second-order valence-corrected chi connectivity index (χ2v) is 4.82. The molecule has 0 aromatic heterocycles. The number of hydrogen-bond donors (Lipinski definition) is 0. The van der Waals surface area contributed by atoms with Gasteiger partial charge in [-0.15, -0.1) is 0 Å². The van der Waals surface area contributed by atoms with Crippen LogP contribution in [0.2, 0.25) is 0 Å². The third-order valence-electron chi connectivity index (χ3n) is 3.53. The van der Waals surface area contributed by atoms with Gasteiger partial charge in [0.1, 0.15) is 0 Å². The van der Waals surface area contributed by atoms with Gasteiger partial charge in [0.25, 0.3) is 5.91 Å². The molecule has 0 saturated carbocycles. The van der Waals surface area contributed by atoms with Crippen molar-refractivity contribution in [1.29, 1.82) is 0 Å². The van der Waals surface area contributed by atoms with E-state index in [1.54, 1.807) is 7.05 Å². The van der Waals surface area contributed by atoms with Crippen molar-refractivity contribution >= 4 is 11.7 Å². The molecule has 1 aromatic carbocycles. The van der Waals surface area contributed by atoms with Crippen LogP contribution < -0.4 is 0 Å². The molecule has 1 amide bonds. The van der Waals surface area contributed by atoms with E-state index >= 15 is 0 Å². The van der Waals surface area contributed by atoms with Gasteiger partial charge in [0, 0.05) is 20.5 Å². The molecule has 1 rings (SSSR count). The fourth-order valence-corrected chi connectivity index (χ4v) is 1.94. The van der Waals surface area contributed by atoms with Crippen molar-refractivity contribution in [3.05, 3.63) is 34.4 Å². The average Bonchev–Trinajstić information content (AvgIpc) is 2.33. The van der Waals surface area contributed by atoms with Crippen LogP contribution in [0.1, 0.15) is 29.2 Å². The number of carbonyl (C=O) groups is 2. The summed E-state index contributed by atoms with van der Waals surface area (Å²) >= 11 is 0. The molecule has 0 fully saturated rings. The zero-order valence-corrected chi connectivity index (χ0v) is 11.8. The molecule has 3 nitrogen and oxygen atoms in total. The number of benzene rings is 1. The maximum absolute atomic E-state index is 11.4. The smallest absolute Gasteiger partial charge is 0.289 e. The van der Waals surface area contributed by atoms with E-state index in [-0.39, 0.29) is 0 Å². The first kappa shape index (κ1) is 14.4. The van der Waals surface area contributed by atoms with Gasteiger partial charge in [0.2, 0.25) is 5.78 Å². The molecule has 3 heteroatoms. The van der Waals surface area contributed by atoms with Crippen LogP contribution in [0.3, 0.4) is 0 Å². The van der Waals surface area contributed by atoms with E-state index in [4.69, 9.17) is 0 Å². The van der Waals surface area contributed by atoms with Crippen LogP contribution in [-0.4, -0.2) is 30.2 Å². The molecule has 18 heavy (non-hydrogen) atoms. The fourth-order valence-electron chi connectivity index (χ4n) is 1.94. The molecule has 0 radical (unpaired) electrons. The Kier molecular flexibility index (Phi) is 4.65. The molecule has 0 heterocycles. The Morgan fingerprint density at radius 1 is 1.11 bits per heavy atom. The molecule has 0 bridgehead atoms. The third kappa shape index (κ3) is 3.19. The van der Waals surface area contributed by atoms with Gasteiger partial charge in [0.15, 0.2) is 0 Å². The minimum absolute atomic E-state index is 0.408. The first-order chi connectivity index (χ1) is 8.34. The number of likely N-dealkylation sites (N-methyl/N-ethyl adjacent to an activating group) is 1. The van der Waals surface area contributed by atoms with Crippen molar-refractivity contribution in [3.8, 4) is 0 Å². The van der Waals surface area contributed by atoms with Crippen LogP contribution in [0.5, 0.6) is 0 Å². The van der Waals surface area contributed by atoms with Gasteiger partial charge in [-0.3, -0.25) is 9.59 Å². The van der Waals surface area contributed by atoms with Gasteiger partial charge in [-0.1, -0.05) is 12.1 Å². The molecule has 0 aliphatic heterocycles. The van der Waals surface area contributed by atoms with Crippen molar-refractivity contribution < 1.29 is 9.59 Å². The molecule has 0 aliphatic rings. The van der Waals surface area contributed by atoms with E-state index in [1.807, 2.05) is 0 Å². The van der Waals surface area contributed by atoms with Gasteiger partial charge >= 0.3 is 0 Å². The zero-order chi connectivity index (χ0) is 13.9. The summed E-state index contributed by atoms with van der Waals surface area (Å²) in [6.07, 6.45) is 0.780. The molecule has 0 N–H and O–H groups in total. The Labute approximate surface area is 109 Å². The first-order valence-electron chi connectivity index (χ1n) is 6.16. The lowest BCUT2D eigenvalue weighted by Gasteiger charge is -2.17. The standard InChI is InChI=1S/C15H21NO2/c1-10-6-7-14(12(3)11(10)2)8-9-16(5)15(18)13(4)17/h6-7H,8-9H2,1-5H3. The Balaban J connectivity index is 2.73. The second-order valence-electron chi connectivity index (χ2n) is 4.82. The van der Waals surface area contributed by atoms with E-state index in [0.717, 1.165) is 6.42 Å². The number of hydrogen-bond acceptors (Lipinski definition) is 2. The molecule has 0 unspecified atom stereocenters. The quantitative estimate of drug-likeness (QED) is 0.765. The zero-order valence-electron chi connectivity index (χ0n) is 11.8. The summed E-state index contributed by atoms with van der Waals surface area (Å²) in [5.41, 5.74) is 5.09. The molecular weight excluding hydrogens is 226 g/mol. The molecular formula is C15H21NO2. The van der Waals surface area contributed by atoms with Gasteiger partial charge in [0.05, 0.1) is 0 Å². The second kappa shape index (κ2) is 5.80. The SMILES string of the molecule is CC(=O)C(=O)N(C)CCc1ccc(C)c(C)c1C. The monoisotopic (exact) mass is 247 g/mol. The largest absolute Gasteiger partial charge is 0.339 e. The molecule has 0 aliphatic carbocycles. The number of nitrogens with zero attached hydrogens (tertiary/aromatic N) is 1. The maximum Gasteiger partial charge on any atom is 0.289 e. The van der Waals surface area contributed by atoms with Crippen LogP contribution in [-0.2, 0) is 16.0 Å². The minimum Gasteiger partial charge on any atom is -0.339 e. The van der Waals surface area contributed by atoms with Crippen LogP contribution in [0.4, 0.5) is 0 Å². The summed E-state index contributed by atoms with van der Waals surface area (Å²) in [6.45, 7) is 8.18. The normalized spacial score (nSPS) is 10.3. The van der Waals surface area contributed by atoms with E-state index < -0.39 is 11.7 Å². The number of ketones is 1. The van der Waals surface area contributed by atoms with Gasteiger partial charge in [-0.05, 0) is 49.4 Å². The van der Waals surface area contributed by atoms with Crippen LogP contribution in [0, 0.1) is 20.8 Å². The minimum atomic E-state index is -0.420.